The van der Waals surface area contributed by atoms with E-state index in [2.05, 4.69) is 37.6 Å². The van der Waals surface area contributed by atoms with Crippen LogP contribution in [0.4, 0.5) is 5.69 Å². The third-order valence-electron chi connectivity index (χ3n) is 3.91. The van der Waals surface area contributed by atoms with Gasteiger partial charge in [0.15, 0.2) is 6.04 Å². The normalized spacial score (nSPS) is 21.1. The molecule has 0 aromatic heterocycles. The van der Waals surface area contributed by atoms with Gasteiger partial charge in [-0.1, -0.05) is 17.7 Å². The van der Waals surface area contributed by atoms with Crippen LogP contribution in [0, 0.1) is 6.92 Å². The molecule has 0 bridgehead atoms. The summed E-state index contributed by atoms with van der Waals surface area (Å²) in [6.45, 7) is 11.6. The van der Waals surface area contributed by atoms with Gasteiger partial charge in [-0.2, -0.15) is 4.58 Å². The van der Waals surface area contributed by atoms with Crippen LogP contribution in [0.3, 0.4) is 0 Å². The van der Waals surface area contributed by atoms with E-state index in [1.54, 1.807) is 0 Å². The maximum absolute atomic E-state index is 6.20. The van der Waals surface area contributed by atoms with Crippen molar-refractivity contribution in [3.8, 4) is 0 Å². The van der Waals surface area contributed by atoms with Crippen LogP contribution < -0.4 is 5.32 Å². The van der Waals surface area contributed by atoms with E-state index < -0.39 is 0 Å². The SMILES string of the molecule is CC[N+]1=C(C=CNc2cc(C)ccc2Cl)OC(C)(C)CC1C. The molecule has 2 rings (SSSR count). The van der Waals surface area contributed by atoms with Gasteiger partial charge in [0.25, 0.3) is 0 Å². The van der Waals surface area contributed by atoms with Gasteiger partial charge in [0.1, 0.15) is 12.1 Å². The Morgan fingerprint density at radius 2 is 2.18 bits per heavy atom. The monoisotopic (exact) mass is 321 g/mol. The summed E-state index contributed by atoms with van der Waals surface area (Å²) in [5.41, 5.74) is 1.95. The van der Waals surface area contributed by atoms with Gasteiger partial charge in [0.05, 0.1) is 16.8 Å². The minimum absolute atomic E-state index is 0.133. The Kier molecular flexibility index (Phi) is 5.17. The largest absolute Gasteiger partial charge is 0.438 e. The molecule has 1 aromatic carbocycles. The van der Waals surface area contributed by atoms with Crippen molar-refractivity contribution >= 4 is 23.2 Å². The molecule has 0 spiro atoms. The summed E-state index contributed by atoms with van der Waals surface area (Å²) in [7, 11) is 0. The maximum atomic E-state index is 6.20. The number of aryl methyl sites for hydroxylation is 1. The minimum atomic E-state index is -0.133. The quantitative estimate of drug-likeness (QED) is 0.820. The summed E-state index contributed by atoms with van der Waals surface area (Å²) in [5.74, 6) is 0.905. The summed E-state index contributed by atoms with van der Waals surface area (Å²) in [5, 5.41) is 3.96. The first-order valence-electron chi connectivity index (χ1n) is 7.84. The average molecular weight is 322 g/mol. The van der Waals surface area contributed by atoms with Gasteiger partial charge in [-0.15, -0.1) is 0 Å². The Morgan fingerprint density at radius 1 is 1.45 bits per heavy atom. The zero-order chi connectivity index (χ0) is 16.3. The van der Waals surface area contributed by atoms with Crippen molar-refractivity contribution < 1.29 is 9.31 Å². The lowest BCUT2D eigenvalue weighted by atomic mass is 9.97. The number of hydrogen-bond donors (Lipinski definition) is 1. The number of anilines is 1. The second-order valence-corrected chi connectivity index (χ2v) is 6.91. The van der Waals surface area contributed by atoms with E-state index in [4.69, 9.17) is 16.3 Å². The number of hydrogen-bond acceptors (Lipinski definition) is 2. The van der Waals surface area contributed by atoms with E-state index in [9.17, 15) is 0 Å². The predicted molar refractivity (Wildman–Crippen MR) is 94.0 cm³/mol. The molecule has 22 heavy (non-hydrogen) atoms. The lowest BCUT2D eigenvalue weighted by Gasteiger charge is -2.32. The van der Waals surface area contributed by atoms with Gasteiger partial charge in [0, 0.05) is 12.6 Å². The van der Waals surface area contributed by atoms with Gasteiger partial charge < -0.3 is 10.1 Å². The molecule has 1 aliphatic rings. The van der Waals surface area contributed by atoms with Gasteiger partial charge in [-0.3, -0.25) is 0 Å². The second kappa shape index (κ2) is 6.74. The fraction of sp³-hybridized carbons (Fsp3) is 0.500. The Morgan fingerprint density at radius 3 is 2.86 bits per heavy atom. The Balaban J connectivity index is 2.18. The molecule has 0 fully saturated rings. The topological polar surface area (TPSA) is 24.3 Å². The summed E-state index contributed by atoms with van der Waals surface area (Å²) >= 11 is 6.20. The van der Waals surface area contributed by atoms with Crippen LogP contribution >= 0.6 is 11.6 Å². The standard InChI is InChI=1S/C18H25ClN2O/c1-6-21-14(3)12-18(4,5)22-17(21)9-10-20-16-11-13(2)7-8-15(16)19/h7-11,14H,6,12H2,1-5H3/p+1. The predicted octanol–water partition coefficient (Wildman–Crippen LogP) is 4.59. The van der Waals surface area contributed by atoms with Gasteiger partial charge in [0.2, 0.25) is 0 Å². The molecule has 1 aromatic rings. The zero-order valence-corrected chi connectivity index (χ0v) is 14.9. The molecule has 120 valence electrons. The minimum Gasteiger partial charge on any atom is -0.438 e. The highest BCUT2D eigenvalue weighted by molar-refractivity contribution is 6.33. The smallest absolute Gasteiger partial charge is 0.364 e. The molecule has 0 saturated carbocycles. The summed E-state index contributed by atoms with van der Waals surface area (Å²) in [4.78, 5) is 0. The zero-order valence-electron chi connectivity index (χ0n) is 14.1. The summed E-state index contributed by atoms with van der Waals surface area (Å²) < 4.78 is 8.40. The fourth-order valence-electron chi connectivity index (χ4n) is 2.97. The molecule has 1 N–H and O–H groups in total. The Hall–Kier alpha value is -1.48. The van der Waals surface area contributed by atoms with Crippen LogP contribution in [-0.4, -0.2) is 28.7 Å². The van der Waals surface area contributed by atoms with Crippen molar-refractivity contribution in [3.05, 3.63) is 41.1 Å². The molecule has 0 saturated heterocycles. The van der Waals surface area contributed by atoms with Crippen molar-refractivity contribution in [1.82, 2.24) is 0 Å². The molecule has 1 heterocycles. The summed E-state index contributed by atoms with van der Waals surface area (Å²) in [6.07, 6.45) is 4.90. The molecule has 0 aliphatic carbocycles. The van der Waals surface area contributed by atoms with Crippen molar-refractivity contribution in [1.29, 1.82) is 0 Å². The lowest BCUT2D eigenvalue weighted by molar-refractivity contribution is -0.580. The van der Waals surface area contributed by atoms with Gasteiger partial charge in [-0.05, 0) is 52.3 Å². The van der Waals surface area contributed by atoms with Crippen molar-refractivity contribution in [2.24, 2.45) is 0 Å². The first-order chi connectivity index (χ1) is 10.3. The second-order valence-electron chi connectivity index (χ2n) is 6.50. The highest BCUT2D eigenvalue weighted by Crippen LogP contribution is 2.25. The van der Waals surface area contributed by atoms with Crippen LogP contribution in [0.5, 0.6) is 0 Å². The van der Waals surface area contributed by atoms with Gasteiger partial charge in [-0.25, -0.2) is 0 Å². The third-order valence-corrected chi connectivity index (χ3v) is 4.24. The molecular formula is C18H26ClN2O+. The van der Waals surface area contributed by atoms with Crippen LogP contribution in [-0.2, 0) is 4.74 Å². The first-order valence-corrected chi connectivity index (χ1v) is 8.22. The van der Waals surface area contributed by atoms with Crippen LogP contribution in [0.2, 0.25) is 5.02 Å². The molecule has 1 aliphatic heterocycles. The van der Waals surface area contributed by atoms with E-state index in [1.165, 1.54) is 5.56 Å². The number of nitrogens with one attached hydrogen (secondary N) is 1. The number of rotatable bonds is 4. The lowest BCUT2D eigenvalue weighted by Crippen LogP contribution is -2.45. The molecule has 1 atom stereocenters. The molecule has 4 heteroatoms. The number of benzene rings is 1. The van der Waals surface area contributed by atoms with E-state index in [0.29, 0.717) is 11.1 Å². The Bertz CT molecular complexity index is 605. The number of nitrogens with zero attached hydrogens (tertiary/aromatic N) is 1. The van der Waals surface area contributed by atoms with Crippen molar-refractivity contribution in [2.45, 2.75) is 52.7 Å². The third kappa shape index (κ3) is 4.04. The van der Waals surface area contributed by atoms with Crippen LogP contribution in [0.1, 0.15) is 39.7 Å². The molecule has 3 nitrogen and oxygen atoms in total. The van der Waals surface area contributed by atoms with Gasteiger partial charge >= 0.3 is 5.90 Å². The highest BCUT2D eigenvalue weighted by Gasteiger charge is 2.37. The molecule has 0 radical (unpaired) electrons. The molecule has 0 amide bonds. The van der Waals surface area contributed by atoms with Crippen LogP contribution in [0.25, 0.3) is 0 Å². The molecular weight excluding hydrogens is 296 g/mol. The number of halogens is 1. The van der Waals surface area contributed by atoms with Crippen molar-refractivity contribution in [3.63, 3.8) is 0 Å². The Labute approximate surface area is 138 Å². The first kappa shape index (κ1) is 16.9. The molecule has 1 unspecified atom stereocenters. The van der Waals surface area contributed by atoms with E-state index in [0.717, 1.165) is 24.6 Å². The fourth-order valence-corrected chi connectivity index (χ4v) is 3.14. The van der Waals surface area contributed by atoms with E-state index in [1.807, 2.05) is 37.4 Å². The van der Waals surface area contributed by atoms with Crippen molar-refractivity contribution in [2.75, 3.05) is 11.9 Å². The average Bonchev–Trinajstić information content (AvgIpc) is 2.41. The maximum Gasteiger partial charge on any atom is 0.364 e. The number of ether oxygens (including phenoxy) is 1. The van der Waals surface area contributed by atoms with Crippen LogP contribution in [0.15, 0.2) is 30.5 Å². The van der Waals surface area contributed by atoms with E-state index in [-0.39, 0.29) is 5.60 Å². The van der Waals surface area contributed by atoms with E-state index >= 15 is 0 Å². The summed E-state index contributed by atoms with van der Waals surface area (Å²) in [6, 6.07) is 6.40. The highest BCUT2D eigenvalue weighted by atomic mass is 35.5.